The number of terminal acetylenes is 1. The van der Waals surface area contributed by atoms with Crippen LogP contribution in [0.2, 0.25) is 0 Å². The SMILES string of the molecule is C#C[C@]1(O)CC[C@H]2[C@@H]3CCC4=CC(=O)CC[C@@H]4[C@H]3[C@@H](C)C[C@@]21C. The third kappa shape index (κ3) is 1.96. The van der Waals surface area contributed by atoms with Crippen molar-refractivity contribution in [3.63, 3.8) is 0 Å². The van der Waals surface area contributed by atoms with Crippen molar-refractivity contribution in [1.82, 2.24) is 0 Å². The van der Waals surface area contributed by atoms with Gasteiger partial charge in [-0.25, -0.2) is 0 Å². The predicted octanol–water partition coefficient (Wildman–Crippen LogP) is 3.74. The van der Waals surface area contributed by atoms with Gasteiger partial charge in [-0.15, -0.1) is 6.42 Å². The van der Waals surface area contributed by atoms with Crippen LogP contribution < -0.4 is 0 Å². The minimum Gasteiger partial charge on any atom is -0.377 e. The Morgan fingerprint density at radius 3 is 2.83 bits per heavy atom. The van der Waals surface area contributed by atoms with Crippen molar-refractivity contribution in [3.8, 4) is 12.3 Å². The molecule has 2 heteroatoms. The van der Waals surface area contributed by atoms with Gasteiger partial charge < -0.3 is 5.11 Å². The summed E-state index contributed by atoms with van der Waals surface area (Å²) in [5.74, 6) is 6.15. The van der Waals surface area contributed by atoms with Gasteiger partial charge in [0.15, 0.2) is 5.78 Å². The van der Waals surface area contributed by atoms with Gasteiger partial charge in [-0.3, -0.25) is 4.79 Å². The molecule has 2 nitrogen and oxygen atoms in total. The molecule has 3 saturated carbocycles. The molecule has 3 fully saturated rings. The van der Waals surface area contributed by atoms with Crippen LogP contribution in [0.5, 0.6) is 0 Å². The highest BCUT2D eigenvalue weighted by molar-refractivity contribution is 5.91. The van der Waals surface area contributed by atoms with Crippen molar-refractivity contribution < 1.29 is 9.90 Å². The topological polar surface area (TPSA) is 37.3 Å². The number of rotatable bonds is 0. The minimum absolute atomic E-state index is 0.131. The van der Waals surface area contributed by atoms with Gasteiger partial charge in [-0.05, 0) is 74.2 Å². The highest BCUT2D eigenvalue weighted by Crippen LogP contribution is 2.66. The molecule has 0 aromatic heterocycles. The van der Waals surface area contributed by atoms with Crippen LogP contribution in [0.4, 0.5) is 0 Å². The average Bonchev–Trinajstić information content (AvgIpc) is 2.78. The van der Waals surface area contributed by atoms with E-state index < -0.39 is 5.60 Å². The first kappa shape index (κ1) is 15.5. The Labute approximate surface area is 139 Å². The zero-order chi connectivity index (χ0) is 16.4. The van der Waals surface area contributed by atoms with Crippen LogP contribution >= 0.6 is 0 Å². The van der Waals surface area contributed by atoms with Crippen molar-refractivity contribution in [2.45, 2.75) is 64.4 Å². The summed E-state index contributed by atoms with van der Waals surface area (Å²) in [6.07, 6.45) is 14.6. The van der Waals surface area contributed by atoms with E-state index in [9.17, 15) is 9.90 Å². The molecule has 124 valence electrons. The van der Waals surface area contributed by atoms with Crippen molar-refractivity contribution >= 4 is 5.78 Å². The second-order valence-electron chi connectivity index (χ2n) is 8.86. The maximum absolute atomic E-state index is 11.8. The summed E-state index contributed by atoms with van der Waals surface area (Å²) < 4.78 is 0. The number of aliphatic hydroxyl groups is 1. The molecule has 0 saturated heterocycles. The van der Waals surface area contributed by atoms with E-state index in [0.29, 0.717) is 35.4 Å². The molecule has 0 unspecified atom stereocenters. The summed E-state index contributed by atoms with van der Waals surface area (Å²) in [5.41, 5.74) is 0.368. The molecule has 23 heavy (non-hydrogen) atoms. The van der Waals surface area contributed by atoms with Crippen LogP contribution in [-0.2, 0) is 4.79 Å². The summed E-state index contributed by atoms with van der Waals surface area (Å²) in [7, 11) is 0. The second kappa shape index (κ2) is 4.96. The van der Waals surface area contributed by atoms with E-state index in [2.05, 4.69) is 19.8 Å². The molecule has 0 aromatic rings. The summed E-state index contributed by atoms with van der Waals surface area (Å²) >= 11 is 0. The Morgan fingerprint density at radius 1 is 1.30 bits per heavy atom. The van der Waals surface area contributed by atoms with Crippen LogP contribution in [0.15, 0.2) is 11.6 Å². The summed E-state index contributed by atoms with van der Waals surface area (Å²) in [6, 6.07) is 0. The van der Waals surface area contributed by atoms with Crippen molar-refractivity contribution in [3.05, 3.63) is 11.6 Å². The van der Waals surface area contributed by atoms with Crippen molar-refractivity contribution in [2.24, 2.45) is 35.0 Å². The molecule has 4 aliphatic rings. The largest absolute Gasteiger partial charge is 0.377 e. The van der Waals surface area contributed by atoms with E-state index in [1.165, 1.54) is 12.0 Å². The van der Waals surface area contributed by atoms with Gasteiger partial charge in [-0.2, -0.15) is 0 Å². The molecule has 0 aromatic carbocycles. The van der Waals surface area contributed by atoms with Gasteiger partial charge >= 0.3 is 0 Å². The maximum Gasteiger partial charge on any atom is 0.155 e. The first-order chi connectivity index (χ1) is 10.9. The number of carbonyl (C=O) groups excluding carboxylic acids is 1. The quantitative estimate of drug-likeness (QED) is 0.692. The summed E-state index contributed by atoms with van der Waals surface area (Å²) in [6.45, 7) is 4.60. The fraction of sp³-hybridized carbons (Fsp3) is 0.762. The fourth-order valence-electron chi connectivity index (χ4n) is 7.00. The lowest BCUT2D eigenvalue weighted by molar-refractivity contribution is -0.119. The zero-order valence-electron chi connectivity index (χ0n) is 14.3. The van der Waals surface area contributed by atoms with Gasteiger partial charge in [0.2, 0.25) is 0 Å². The number of hydrogen-bond acceptors (Lipinski definition) is 2. The van der Waals surface area contributed by atoms with E-state index in [-0.39, 0.29) is 5.41 Å². The van der Waals surface area contributed by atoms with E-state index in [1.54, 1.807) is 0 Å². The molecule has 0 bridgehead atoms. The van der Waals surface area contributed by atoms with E-state index >= 15 is 0 Å². The van der Waals surface area contributed by atoms with Crippen molar-refractivity contribution in [2.75, 3.05) is 0 Å². The normalized spacial score (nSPS) is 52.0. The van der Waals surface area contributed by atoms with Crippen LogP contribution in [0.25, 0.3) is 0 Å². The van der Waals surface area contributed by atoms with Crippen LogP contribution in [-0.4, -0.2) is 16.5 Å². The highest BCUT2D eigenvalue weighted by Gasteiger charge is 2.63. The zero-order valence-corrected chi connectivity index (χ0v) is 14.3. The Kier molecular flexibility index (Phi) is 3.34. The first-order valence-electron chi connectivity index (χ1n) is 9.33. The minimum atomic E-state index is -0.921. The smallest absolute Gasteiger partial charge is 0.155 e. The molecular weight excluding hydrogens is 284 g/mol. The number of ketones is 1. The molecule has 4 aliphatic carbocycles. The van der Waals surface area contributed by atoms with Gasteiger partial charge in [0.1, 0.15) is 5.60 Å². The molecular formula is C21H28O2. The monoisotopic (exact) mass is 312 g/mol. The Bertz CT molecular complexity index is 612. The van der Waals surface area contributed by atoms with E-state index in [0.717, 1.165) is 38.5 Å². The van der Waals surface area contributed by atoms with Gasteiger partial charge in [0.25, 0.3) is 0 Å². The predicted molar refractivity (Wildman–Crippen MR) is 90.4 cm³/mol. The Morgan fingerprint density at radius 2 is 2.09 bits per heavy atom. The van der Waals surface area contributed by atoms with Gasteiger partial charge in [-0.1, -0.05) is 25.3 Å². The Hall–Kier alpha value is -1.07. The van der Waals surface area contributed by atoms with E-state index in [1.807, 2.05) is 6.08 Å². The highest BCUT2D eigenvalue weighted by atomic mass is 16.3. The van der Waals surface area contributed by atoms with Crippen molar-refractivity contribution in [1.29, 1.82) is 0 Å². The molecule has 4 rings (SSSR count). The first-order valence-corrected chi connectivity index (χ1v) is 9.33. The molecule has 7 atom stereocenters. The molecule has 1 N–H and O–H groups in total. The standard InChI is InChI=1S/C21H28O2/c1-4-21(23)10-9-18-17-7-5-14-11-15(22)6-8-16(14)19(17)13(2)12-20(18,21)3/h1,11,13,16-19,23H,5-10,12H2,2-3H3/t13-,16-,17-,18-,19+,20-,21-/m0/s1. The lowest BCUT2D eigenvalue weighted by Crippen LogP contribution is -2.54. The molecule has 0 spiro atoms. The van der Waals surface area contributed by atoms with Crippen LogP contribution in [0, 0.1) is 47.3 Å². The third-order valence-corrected chi connectivity index (χ3v) is 7.99. The lowest BCUT2D eigenvalue weighted by Gasteiger charge is -2.57. The number of carbonyl (C=O) groups is 1. The fourth-order valence-corrected chi connectivity index (χ4v) is 7.00. The molecule has 0 amide bonds. The number of allylic oxidation sites excluding steroid dienone is 1. The lowest BCUT2D eigenvalue weighted by atomic mass is 9.48. The molecule has 0 radical (unpaired) electrons. The molecule has 0 heterocycles. The maximum atomic E-state index is 11.8. The third-order valence-electron chi connectivity index (χ3n) is 7.99. The second-order valence-corrected chi connectivity index (χ2v) is 8.86. The summed E-state index contributed by atoms with van der Waals surface area (Å²) in [5, 5.41) is 11.0. The number of hydrogen-bond donors (Lipinski definition) is 1. The van der Waals surface area contributed by atoms with Crippen LogP contribution in [0.3, 0.4) is 0 Å². The molecule has 0 aliphatic heterocycles. The van der Waals surface area contributed by atoms with Gasteiger partial charge in [0.05, 0.1) is 0 Å². The summed E-state index contributed by atoms with van der Waals surface area (Å²) in [4.78, 5) is 11.8. The van der Waals surface area contributed by atoms with Crippen LogP contribution in [0.1, 0.15) is 58.8 Å². The van der Waals surface area contributed by atoms with E-state index in [4.69, 9.17) is 6.42 Å². The van der Waals surface area contributed by atoms with Gasteiger partial charge in [0, 0.05) is 11.8 Å². The Balaban J connectivity index is 1.70. The number of fused-ring (bicyclic) bond motifs is 5. The average molecular weight is 312 g/mol.